The van der Waals surface area contributed by atoms with E-state index in [9.17, 15) is 4.79 Å². The van der Waals surface area contributed by atoms with Crippen LogP contribution in [0.3, 0.4) is 0 Å². The summed E-state index contributed by atoms with van der Waals surface area (Å²) in [6, 6.07) is 14.5. The molecule has 0 unspecified atom stereocenters. The number of hydrogen-bond donors (Lipinski definition) is 0. The third-order valence-electron chi connectivity index (χ3n) is 3.34. The van der Waals surface area contributed by atoms with Gasteiger partial charge in [-0.2, -0.15) is 0 Å². The maximum absolute atomic E-state index is 12.5. The van der Waals surface area contributed by atoms with E-state index in [1.165, 1.54) is 0 Å². The second kappa shape index (κ2) is 4.46. The highest BCUT2D eigenvalue weighted by atomic mass is 35.5. The van der Waals surface area contributed by atoms with Crippen molar-refractivity contribution < 1.29 is 4.42 Å². The van der Waals surface area contributed by atoms with Crippen LogP contribution in [0.4, 0.5) is 0 Å². The second-order valence-electron chi connectivity index (χ2n) is 4.70. The number of benzene rings is 2. The molecular weight excluding hydrogens is 288 g/mol. The fourth-order valence-electron chi connectivity index (χ4n) is 2.32. The lowest BCUT2D eigenvalue weighted by Gasteiger charge is -1.97. The Hall–Kier alpha value is -2.59. The van der Waals surface area contributed by atoms with E-state index in [1.807, 2.05) is 30.3 Å². The zero-order valence-corrected chi connectivity index (χ0v) is 11.5. The van der Waals surface area contributed by atoms with Crippen molar-refractivity contribution in [1.29, 1.82) is 0 Å². The Labute approximate surface area is 124 Å². The average molecular weight is 297 g/mol. The Morgan fingerprint density at radius 3 is 2.67 bits per heavy atom. The molecule has 0 amide bonds. The number of halogens is 1. The largest absolute Gasteiger partial charge is 0.436 e. The normalized spacial score (nSPS) is 11.3. The van der Waals surface area contributed by atoms with Crippen LogP contribution in [0.15, 0.2) is 63.9 Å². The Balaban J connectivity index is 2.06. The fourth-order valence-corrected chi connectivity index (χ4v) is 2.48. The van der Waals surface area contributed by atoms with Crippen molar-refractivity contribution in [2.45, 2.75) is 0 Å². The first-order valence-electron chi connectivity index (χ1n) is 6.39. The second-order valence-corrected chi connectivity index (χ2v) is 5.14. The minimum Gasteiger partial charge on any atom is -0.436 e. The Morgan fingerprint density at radius 1 is 1.05 bits per heavy atom. The van der Waals surface area contributed by atoms with Crippen LogP contribution in [-0.4, -0.2) is 9.78 Å². The van der Waals surface area contributed by atoms with Crippen LogP contribution in [0.2, 0.25) is 5.02 Å². The van der Waals surface area contributed by atoms with Gasteiger partial charge in [0, 0.05) is 17.3 Å². The van der Waals surface area contributed by atoms with Crippen molar-refractivity contribution in [1.82, 2.24) is 9.78 Å². The first kappa shape index (κ1) is 12.2. The predicted molar refractivity (Wildman–Crippen MR) is 82.1 cm³/mol. The molecule has 0 saturated carbocycles. The number of rotatable bonds is 1. The van der Waals surface area contributed by atoms with Crippen LogP contribution in [0.25, 0.3) is 27.8 Å². The highest BCUT2D eigenvalue weighted by Crippen LogP contribution is 2.21. The molecule has 0 fully saturated rings. The van der Waals surface area contributed by atoms with E-state index in [4.69, 9.17) is 16.0 Å². The molecule has 0 radical (unpaired) electrons. The summed E-state index contributed by atoms with van der Waals surface area (Å²) in [4.78, 5) is 12.5. The molecule has 0 bridgehead atoms. The SMILES string of the molecule is O=c1c2ccc(Cl)cc2oc2nn(-c3ccccc3)cc12. The van der Waals surface area contributed by atoms with Gasteiger partial charge in [-0.15, -0.1) is 5.10 Å². The molecule has 4 nitrogen and oxygen atoms in total. The molecular formula is C16H9ClN2O2. The van der Waals surface area contributed by atoms with Crippen molar-refractivity contribution in [2.75, 3.05) is 0 Å². The van der Waals surface area contributed by atoms with Gasteiger partial charge in [0.1, 0.15) is 11.0 Å². The molecule has 2 aromatic carbocycles. The molecule has 102 valence electrons. The summed E-state index contributed by atoms with van der Waals surface area (Å²) in [5.74, 6) is 0. The standard InChI is InChI=1S/C16H9ClN2O2/c17-10-6-7-12-14(8-10)21-16-13(15(12)20)9-19(18-16)11-4-2-1-3-5-11/h1-9H. The molecule has 0 atom stereocenters. The van der Waals surface area contributed by atoms with Gasteiger partial charge in [0.2, 0.25) is 11.1 Å². The lowest BCUT2D eigenvalue weighted by atomic mass is 10.2. The van der Waals surface area contributed by atoms with E-state index in [0.29, 0.717) is 27.1 Å². The summed E-state index contributed by atoms with van der Waals surface area (Å²) in [6.07, 6.45) is 1.69. The molecule has 4 aromatic rings. The first-order chi connectivity index (χ1) is 10.2. The summed E-state index contributed by atoms with van der Waals surface area (Å²) in [5.41, 5.74) is 1.51. The molecule has 0 saturated heterocycles. The predicted octanol–water partition coefficient (Wildman–Crippen LogP) is 3.79. The number of aromatic nitrogens is 2. The Bertz CT molecular complexity index is 1020. The topological polar surface area (TPSA) is 48.0 Å². The molecule has 0 spiro atoms. The van der Waals surface area contributed by atoms with Gasteiger partial charge in [-0.25, -0.2) is 4.68 Å². The Morgan fingerprint density at radius 2 is 1.86 bits per heavy atom. The van der Waals surface area contributed by atoms with Crippen LogP contribution in [0, 0.1) is 0 Å². The lowest BCUT2D eigenvalue weighted by molar-refractivity contribution is 0.635. The van der Waals surface area contributed by atoms with Crippen LogP contribution in [0.5, 0.6) is 0 Å². The minimum absolute atomic E-state index is 0.106. The molecule has 21 heavy (non-hydrogen) atoms. The molecule has 4 rings (SSSR count). The average Bonchev–Trinajstić information content (AvgIpc) is 2.92. The monoisotopic (exact) mass is 296 g/mol. The lowest BCUT2D eigenvalue weighted by Crippen LogP contribution is -2.00. The van der Waals surface area contributed by atoms with Crippen molar-refractivity contribution in [3.63, 3.8) is 0 Å². The zero-order chi connectivity index (χ0) is 14.4. The van der Waals surface area contributed by atoms with E-state index in [0.717, 1.165) is 5.69 Å². The maximum Gasteiger partial charge on any atom is 0.250 e. The summed E-state index contributed by atoms with van der Waals surface area (Å²) in [5, 5.41) is 5.80. The van der Waals surface area contributed by atoms with Crippen molar-refractivity contribution in [3.8, 4) is 5.69 Å². The number of nitrogens with zero attached hydrogens (tertiary/aromatic N) is 2. The quantitative estimate of drug-likeness (QED) is 0.537. The summed E-state index contributed by atoms with van der Waals surface area (Å²) in [6.45, 7) is 0. The van der Waals surface area contributed by atoms with E-state index < -0.39 is 0 Å². The van der Waals surface area contributed by atoms with Crippen molar-refractivity contribution >= 4 is 33.7 Å². The van der Waals surface area contributed by atoms with Crippen molar-refractivity contribution in [2.24, 2.45) is 0 Å². The molecule has 0 aliphatic rings. The minimum atomic E-state index is -0.106. The van der Waals surface area contributed by atoms with E-state index in [1.54, 1.807) is 29.1 Å². The van der Waals surface area contributed by atoms with Gasteiger partial charge in [-0.3, -0.25) is 4.79 Å². The first-order valence-corrected chi connectivity index (χ1v) is 6.77. The zero-order valence-electron chi connectivity index (χ0n) is 10.8. The van der Waals surface area contributed by atoms with Crippen LogP contribution in [0.1, 0.15) is 0 Å². The van der Waals surface area contributed by atoms with Crippen LogP contribution >= 0.6 is 11.6 Å². The van der Waals surface area contributed by atoms with Gasteiger partial charge in [0.05, 0.1) is 11.1 Å². The molecule has 2 heterocycles. The van der Waals surface area contributed by atoms with E-state index in [2.05, 4.69) is 5.10 Å². The van der Waals surface area contributed by atoms with Gasteiger partial charge in [0.15, 0.2) is 0 Å². The summed E-state index contributed by atoms with van der Waals surface area (Å²) in [7, 11) is 0. The highest BCUT2D eigenvalue weighted by molar-refractivity contribution is 6.31. The number of fused-ring (bicyclic) bond motifs is 2. The third-order valence-corrected chi connectivity index (χ3v) is 3.58. The molecule has 0 N–H and O–H groups in total. The van der Waals surface area contributed by atoms with Crippen molar-refractivity contribution in [3.05, 3.63) is 70.0 Å². The molecule has 0 aliphatic carbocycles. The summed E-state index contributed by atoms with van der Waals surface area (Å²) < 4.78 is 7.33. The Kier molecular flexibility index (Phi) is 2.59. The highest BCUT2D eigenvalue weighted by Gasteiger charge is 2.12. The fraction of sp³-hybridized carbons (Fsp3) is 0. The van der Waals surface area contributed by atoms with E-state index in [-0.39, 0.29) is 5.43 Å². The smallest absolute Gasteiger partial charge is 0.250 e. The van der Waals surface area contributed by atoms with E-state index >= 15 is 0 Å². The maximum atomic E-state index is 12.5. The van der Waals surface area contributed by atoms with Crippen LogP contribution < -0.4 is 5.43 Å². The molecule has 5 heteroatoms. The van der Waals surface area contributed by atoms with Gasteiger partial charge in [-0.1, -0.05) is 29.8 Å². The third kappa shape index (κ3) is 1.92. The molecule has 2 aromatic heterocycles. The van der Waals surface area contributed by atoms with Gasteiger partial charge >= 0.3 is 0 Å². The van der Waals surface area contributed by atoms with Crippen LogP contribution in [-0.2, 0) is 0 Å². The number of para-hydroxylation sites is 1. The molecule has 0 aliphatic heterocycles. The van der Waals surface area contributed by atoms with Gasteiger partial charge < -0.3 is 4.42 Å². The summed E-state index contributed by atoms with van der Waals surface area (Å²) >= 11 is 5.94. The van der Waals surface area contributed by atoms with Gasteiger partial charge in [0.25, 0.3) is 0 Å². The van der Waals surface area contributed by atoms with Gasteiger partial charge in [-0.05, 0) is 24.3 Å². The number of hydrogen-bond acceptors (Lipinski definition) is 3.